The molecule has 1 heterocycles. The predicted octanol–water partition coefficient (Wildman–Crippen LogP) is 1.79. The van der Waals surface area contributed by atoms with Gasteiger partial charge in [0.1, 0.15) is 5.75 Å². The number of benzene rings is 1. The fourth-order valence-electron chi connectivity index (χ4n) is 2.02. The Morgan fingerprint density at radius 2 is 1.83 bits per heavy atom. The topological polar surface area (TPSA) is 103 Å². The number of carbonyl (C=O) groups excluding carboxylic acids is 3. The molecule has 0 saturated carbocycles. The number of anilines is 2. The zero-order valence-corrected chi connectivity index (χ0v) is 13.8. The number of hydrogen-bond acceptors (Lipinski definition) is 7. The third-order valence-corrected chi connectivity index (χ3v) is 3.01. The molecule has 0 aliphatic carbocycles. The van der Waals surface area contributed by atoms with Crippen LogP contribution in [0.5, 0.6) is 5.75 Å². The van der Waals surface area contributed by atoms with Crippen LogP contribution in [0.25, 0.3) is 0 Å². The Labute approximate surface area is 138 Å². The average Bonchev–Trinajstić information content (AvgIpc) is 2.44. The van der Waals surface area contributed by atoms with Crippen LogP contribution >= 0.6 is 0 Å². The first-order chi connectivity index (χ1) is 11.2. The van der Waals surface area contributed by atoms with Gasteiger partial charge < -0.3 is 24.8 Å². The van der Waals surface area contributed by atoms with Crippen LogP contribution in [-0.4, -0.2) is 30.7 Å². The van der Waals surface area contributed by atoms with E-state index in [2.05, 4.69) is 10.6 Å². The first-order valence-electron chi connectivity index (χ1n) is 7.11. The van der Waals surface area contributed by atoms with Crippen molar-refractivity contribution >= 4 is 29.2 Å². The lowest BCUT2D eigenvalue weighted by Gasteiger charge is -2.29. The van der Waals surface area contributed by atoms with Crippen molar-refractivity contribution in [2.45, 2.75) is 26.6 Å². The van der Waals surface area contributed by atoms with Gasteiger partial charge in [-0.1, -0.05) is 0 Å². The van der Waals surface area contributed by atoms with Crippen molar-refractivity contribution < 1.29 is 28.6 Å². The van der Waals surface area contributed by atoms with Crippen molar-refractivity contribution in [3.8, 4) is 5.75 Å². The number of rotatable bonds is 4. The minimum atomic E-state index is -1.29. The SMILES string of the molecule is COc1ccc(NC=C2C(=O)OC(C)(C)OC2=O)cc1NC(C)=O. The Morgan fingerprint density at radius 3 is 2.38 bits per heavy atom. The molecule has 1 saturated heterocycles. The normalized spacial score (nSPS) is 15.9. The molecular formula is C16H18N2O6. The molecule has 128 valence electrons. The molecule has 1 fully saturated rings. The van der Waals surface area contributed by atoms with Gasteiger partial charge in [0.2, 0.25) is 5.91 Å². The van der Waals surface area contributed by atoms with Crippen molar-refractivity contribution in [2.75, 3.05) is 17.7 Å². The number of nitrogens with one attached hydrogen (secondary N) is 2. The summed E-state index contributed by atoms with van der Waals surface area (Å²) < 4.78 is 15.1. The van der Waals surface area contributed by atoms with E-state index in [1.165, 1.54) is 34.1 Å². The zero-order valence-electron chi connectivity index (χ0n) is 13.8. The van der Waals surface area contributed by atoms with Gasteiger partial charge in [-0.2, -0.15) is 0 Å². The van der Waals surface area contributed by atoms with Crippen LogP contribution in [0.15, 0.2) is 30.0 Å². The Morgan fingerprint density at radius 1 is 1.21 bits per heavy atom. The molecule has 1 aromatic carbocycles. The van der Waals surface area contributed by atoms with Crippen molar-refractivity contribution in [2.24, 2.45) is 0 Å². The molecule has 24 heavy (non-hydrogen) atoms. The number of ether oxygens (including phenoxy) is 3. The lowest BCUT2D eigenvalue weighted by Crippen LogP contribution is -2.42. The second kappa shape index (κ2) is 6.61. The van der Waals surface area contributed by atoms with Crippen LogP contribution in [-0.2, 0) is 23.9 Å². The summed E-state index contributed by atoms with van der Waals surface area (Å²) in [6, 6.07) is 4.89. The van der Waals surface area contributed by atoms with E-state index < -0.39 is 17.7 Å². The maximum absolute atomic E-state index is 11.8. The summed E-state index contributed by atoms with van der Waals surface area (Å²) in [5.41, 5.74) is 0.715. The molecule has 2 rings (SSSR count). The maximum atomic E-state index is 11.8. The van der Waals surface area contributed by atoms with E-state index in [0.29, 0.717) is 17.1 Å². The Kier molecular flexibility index (Phi) is 4.77. The molecular weight excluding hydrogens is 316 g/mol. The molecule has 1 amide bonds. The molecule has 0 radical (unpaired) electrons. The number of amides is 1. The van der Waals surface area contributed by atoms with Gasteiger partial charge in [0, 0.05) is 32.7 Å². The highest BCUT2D eigenvalue weighted by Crippen LogP contribution is 2.28. The van der Waals surface area contributed by atoms with Crippen molar-refractivity contribution in [3.05, 3.63) is 30.0 Å². The molecule has 1 aliphatic heterocycles. The Bertz CT molecular complexity index is 701. The minimum absolute atomic E-state index is 0.258. The van der Waals surface area contributed by atoms with Gasteiger partial charge in [0.25, 0.3) is 5.79 Å². The van der Waals surface area contributed by atoms with Gasteiger partial charge in [-0.25, -0.2) is 9.59 Å². The molecule has 2 N–H and O–H groups in total. The summed E-state index contributed by atoms with van der Waals surface area (Å²) in [6.07, 6.45) is 1.19. The molecule has 0 atom stereocenters. The standard InChI is InChI=1S/C16H18N2O6/c1-9(19)18-12-7-10(5-6-13(12)22-4)17-8-11-14(20)23-16(2,3)24-15(11)21/h5-8,17H,1-4H3,(H,18,19). The molecule has 1 aromatic rings. The van der Waals surface area contributed by atoms with Crippen molar-refractivity contribution in [1.29, 1.82) is 0 Å². The van der Waals surface area contributed by atoms with Crippen molar-refractivity contribution in [1.82, 2.24) is 0 Å². The number of carbonyl (C=O) groups is 3. The second-order valence-electron chi connectivity index (χ2n) is 5.48. The highest BCUT2D eigenvalue weighted by atomic mass is 16.7. The second-order valence-corrected chi connectivity index (χ2v) is 5.48. The molecule has 8 nitrogen and oxygen atoms in total. The summed E-state index contributed by atoms with van der Waals surface area (Å²) >= 11 is 0. The Hall–Kier alpha value is -3.03. The van der Waals surface area contributed by atoms with Gasteiger partial charge in [0.05, 0.1) is 12.8 Å². The van der Waals surface area contributed by atoms with E-state index >= 15 is 0 Å². The first-order valence-corrected chi connectivity index (χ1v) is 7.11. The van der Waals surface area contributed by atoms with Gasteiger partial charge in [-0.05, 0) is 18.2 Å². The van der Waals surface area contributed by atoms with Gasteiger partial charge >= 0.3 is 11.9 Å². The van der Waals surface area contributed by atoms with E-state index in [9.17, 15) is 14.4 Å². The van der Waals surface area contributed by atoms with Crippen LogP contribution in [0.4, 0.5) is 11.4 Å². The molecule has 0 bridgehead atoms. The van der Waals surface area contributed by atoms with Crippen LogP contribution < -0.4 is 15.4 Å². The fourth-order valence-corrected chi connectivity index (χ4v) is 2.02. The van der Waals surface area contributed by atoms with Gasteiger partial charge in [0.15, 0.2) is 5.57 Å². The highest BCUT2D eigenvalue weighted by Gasteiger charge is 2.38. The largest absolute Gasteiger partial charge is 0.495 e. The number of methoxy groups -OCH3 is 1. The number of hydrogen-bond donors (Lipinski definition) is 2. The minimum Gasteiger partial charge on any atom is -0.495 e. The predicted molar refractivity (Wildman–Crippen MR) is 85.3 cm³/mol. The lowest BCUT2D eigenvalue weighted by molar-refractivity contribution is -0.222. The summed E-state index contributed by atoms with van der Waals surface area (Å²) in [5, 5.41) is 5.42. The molecule has 0 aromatic heterocycles. The summed E-state index contributed by atoms with van der Waals surface area (Å²) in [6.45, 7) is 4.31. The number of esters is 2. The smallest absolute Gasteiger partial charge is 0.350 e. The van der Waals surface area contributed by atoms with E-state index in [1.807, 2.05) is 0 Å². The van der Waals surface area contributed by atoms with E-state index in [0.717, 1.165) is 0 Å². The van der Waals surface area contributed by atoms with E-state index in [-0.39, 0.29) is 11.5 Å². The van der Waals surface area contributed by atoms with E-state index in [4.69, 9.17) is 14.2 Å². The van der Waals surface area contributed by atoms with Gasteiger partial charge in [-0.3, -0.25) is 4.79 Å². The third-order valence-electron chi connectivity index (χ3n) is 3.01. The zero-order chi connectivity index (χ0) is 17.9. The number of cyclic esters (lactones) is 2. The molecule has 8 heteroatoms. The molecule has 1 aliphatic rings. The van der Waals surface area contributed by atoms with E-state index in [1.54, 1.807) is 18.2 Å². The summed E-state index contributed by atoms with van der Waals surface area (Å²) in [5.74, 6) is -2.63. The summed E-state index contributed by atoms with van der Waals surface area (Å²) in [7, 11) is 1.48. The highest BCUT2D eigenvalue weighted by molar-refractivity contribution is 6.15. The first kappa shape index (κ1) is 17.3. The third kappa shape index (κ3) is 4.03. The average molecular weight is 334 g/mol. The molecule has 0 spiro atoms. The van der Waals surface area contributed by atoms with Crippen LogP contribution in [0.1, 0.15) is 20.8 Å². The quantitative estimate of drug-likeness (QED) is 0.491. The monoisotopic (exact) mass is 334 g/mol. The lowest BCUT2D eigenvalue weighted by atomic mass is 10.2. The van der Waals surface area contributed by atoms with Crippen LogP contribution in [0.3, 0.4) is 0 Å². The van der Waals surface area contributed by atoms with Gasteiger partial charge in [-0.15, -0.1) is 0 Å². The van der Waals surface area contributed by atoms with Crippen LogP contribution in [0, 0.1) is 0 Å². The van der Waals surface area contributed by atoms with Crippen LogP contribution in [0.2, 0.25) is 0 Å². The Balaban J connectivity index is 2.21. The summed E-state index contributed by atoms with van der Waals surface area (Å²) in [4.78, 5) is 34.9. The van der Waals surface area contributed by atoms with Crippen molar-refractivity contribution in [3.63, 3.8) is 0 Å². The fraction of sp³-hybridized carbons (Fsp3) is 0.312. The molecule has 0 unspecified atom stereocenters. The maximum Gasteiger partial charge on any atom is 0.350 e.